The molecule has 1 fully saturated rings. The fraction of sp³-hybridized carbons (Fsp3) is 0.464. The lowest BCUT2D eigenvalue weighted by Gasteiger charge is -2.24. The van der Waals surface area contributed by atoms with E-state index in [0.29, 0.717) is 19.8 Å². The summed E-state index contributed by atoms with van der Waals surface area (Å²) in [6, 6.07) is 13.6. The number of nitrogens with zero attached hydrogens (tertiary/aromatic N) is 1. The number of hydrogen-bond acceptors (Lipinski definition) is 5. The Hall–Kier alpha value is -3.01. The number of ether oxygens (including phenoxy) is 4. The maximum atomic E-state index is 12.6. The average Bonchev–Trinajstić information content (AvgIpc) is 3.26. The van der Waals surface area contributed by atoms with Crippen molar-refractivity contribution in [2.45, 2.75) is 58.3 Å². The van der Waals surface area contributed by atoms with Gasteiger partial charge in [-0.3, -0.25) is 4.90 Å². The highest BCUT2D eigenvalue weighted by Crippen LogP contribution is 2.31. The highest BCUT2D eigenvalue weighted by Gasteiger charge is 2.29. The summed E-state index contributed by atoms with van der Waals surface area (Å²) in [7, 11) is 0. The van der Waals surface area contributed by atoms with Crippen LogP contribution in [0.2, 0.25) is 0 Å². The van der Waals surface area contributed by atoms with Crippen LogP contribution in [-0.2, 0) is 20.6 Å². The molecule has 1 unspecified atom stereocenters. The Bertz CT molecular complexity index is 1040. The third-order valence-corrected chi connectivity index (χ3v) is 5.63. The van der Waals surface area contributed by atoms with Gasteiger partial charge in [0.1, 0.15) is 18.0 Å². The summed E-state index contributed by atoms with van der Waals surface area (Å²) in [6.07, 6.45) is 3.58. The van der Waals surface area contributed by atoms with Crippen molar-refractivity contribution in [1.82, 2.24) is 0 Å². The van der Waals surface area contributed by atoms with E-state index in [1.54, 1.807) is 4.90 Å². The summed E-state index contributed by atoms with van der Waals surface area (Å²) in [4.78, 5) is 14.3. The average molecular weight is 464 g/mol. The van der Waals surface area contributed by atoms with E-state index in [1.165, 1.54) is 0 Å². The number of benzene rings is 2. The molecule has 0 bridgehead atoms. The van der Waals surface area contributed by atoms with Gasteiger partial charge in [-0.15, -0.1) is 0 Å². The molecule has 6 heteroatoms. The lowest BCUT2D eigenvalue weighted by atomic mass is 10.0. The molecule has 180 valence electrons. The smallest absolute Gasteiger partial charge is 0.414 e. The summed E-state index contributed by atoms with van der Waals surface area (Å²) in [5.41, 5.74) is 3.28. The molecule has 34 heavy (non-hydrogen) atoms. The molecule has 2 aromatic carbocycles. The number of carbonyl (C=O) groups excluding carboxylic acids is 1. The van der Waals surface area contributed by atoms with Crippen LogP contribution >= 0.6 is 0 Å². The van der Waals surface area contributed by atoms with Gasteiger partial charge >= 0.3 is 6.09 Å². The minimum absolute atomic E-state index is 0.0920. The van der Waals surface area contributed by atoms with E-state index in [1.807, 2.05) is 63.2 Å². The lowest BCUT2D eigenvalue weighted by Crippen LogP contribution is -2.35. The molecule has 1 saturated heterocycles. The Morgan fingerprint density at radius 3 is 2.65 bits per heavy atom. The molecule has 6 nitrogen and oxygen atoms in total. The maximum absolute atomic E-state index is 12.6. The molecule has 2 heterocycles. The van der Waals surface area contributed by atoms with Gasteiger partial charge in [-0.2, -0.15) is 0 Å². The van der Waals surface area contributed by atoms with Gasteiger partial charge in [0.15, 0.2) is 6.29 Å². The van der Waals surface area contributed by atoms with Crippen LogP contribution in [0.4, 0.5) is 10.5 Å². The van der Waals surface area contributed by atoms with E-state index in [0.717, 1.165) is 60.4 Å². The molecule has 2 aliphatic heterocycles. The quantitative estimate of drug-likeness (QED) is 0.445. The fourth-order valence-corrected chi connectivity index (χ4v) is 4.01. The van der Waals surface area contributed by atoms with Crippen molar-refractivity contribution in [2.24, 2.45) is 0 Å². The van der Waals surface area contributed by atoms with Crippen LogP contribution in [0.1, 0.15) is 56.7 Å². The van der Waals surface area contributed by atoms with Crippen molar-refractivity contribution in [2.75, 3.05) is 31.3 Å². The molecule has 1 atom stereocenters. The highest BCUT2D eigenvalue weighted by molar-refractivity contribution is 5.91. The van der Waals surface area contributed by atoms with Gasteiger partial charge in [0.2, 0.25) is 0 Å². The lowest BCUT2D eigenvalue weighted by molar-refractivity contribution is -0.165. The SMILES string of the molecule is CC(C)(C)OC(=O)N1CCc2c(C#Cc3ccc(OCCOC4CCCCO4)cc3)cccc21. The van der Waals surface area contributed by atoms with E-state index in [4.69, 9.17) is 18.9 Å². The van der Waals surface area contributed by atoms with Crippen molar-refractivity contribution in [3.8, 4) is 17.6 Å². The van der Waals surface area contributed by atoms with Crippen molar-refractivity contribution < 1.29 is 23.7 Å². The van der Waals surface area contributed by atoms with Crippen LogP contribution in [0, 0.1) is 11.8 Å². The zero-order valence-corrected chi connectivity index (χ0v) is 20.3. The van der Waals surface area contributed by atoms with Gasteiger partial charge in [-0.05, 0) is 88.4 Å². The minimum atomic E-state index is -0.524. The molecule has 2 aliphatic rings. The van der Waals surface area contributed by atoms with Gasteiger partial charge in [0.05, 0.1) is 12.3 Å². The Morgan fingerprint density at radius 2 is 1.91 bits per heavy atom. The van der Waals surface area contributed by atoms with Crippen LogP contribution in [0.3, 0.4) is 0 Å². The molecule has 1 amide bonds. The Balaban J connectivity index is 1.33. The topological polar surface area (TPSA) is 57.2 Å². The molecule has 2 aromatic rings. The summed E-state index contributed by atoms with van der Waals surface area (Å²) >= 11 is 0. The van der Waals surface area contributed by atoms with E-state index in [-0.39, 0.29) is 12.4 Å². The molecule has 4 rings (SSSR count). The molecule has 0 saturated carbocycles. The second kappa shape index (κ2) is 10.9. The number of rotatable bonds is 5. The molecular weight excluding hydrogens is 430 g/mol. The maximum Gasteiger partial charge on any atom is 0.414 e. The van der Waals surface area contributed by atoms with Gasteiger partial charge in [0, 0.05) is 24.3 Å². The van der Waals surface area contributed by atoms with Crippen LogP contribution in [0.25, 0.3) is 0 Å². The van der Waals surface area contributed by atoms with Crippen LogP contribution in [0.15, 0.2) is 42.5 Å². The molecule has 0 aliphatic carbocycles. The second-order valence-electron chi connectivity index (χ2n) is 9.47. The third kappa shape index (κ3) is 6.53. The van der Waals surface area contributed by atoms with Gasteiger partial charge in [-0.1, -0.05) is 17.9 Å². The van der Waals surface area contributed by atoms with Crippen molar-refractivity contribution in [3.05, 3.63) is 59.2 Å². The highest BCUT2D eigenvalue weighted by atomic mass is 16.7. The van der Waals surface area contributed by atoms with Crippen LogP contribution in [0.5, 0.6) is 5.75 Å². The monoisotopic (exact) mass is 463 g/mol. The normalized spacial score (nSPS) is 17.5. The number of fused-ring (bicyclic) bond motifs is 1. The third-order valence-electron chi connectivity index (χ3n) is 5.63. The molecule has 0 aromatic heterocycles. The first-order valence-corrected chi connectivity index (χ1v) is 12.0. The fourth-order valence-electron chi connectivity index (χ4n) is 4.01. The summed E-state index contributed by atoms with van der Waals surface area (Å²) in [6.45, 7) is 8.00. The largest absolute Gasteiger partial charge is 0.491 e. The van der Waals surface area contributed by atoms with Crippen LogP contribution in [-0.4, -0.2) is 44.3 Å². The Morgan fingerprint density at radius 1 is 1.09 bits per heavy atom. The van der Waals surface area contributed by atoms with Crippen molar-refractivity contribution in [3.63, 3.8) is 0 Å². The van der Waals surface area contributed by atoms with Crippen molar-refractivity contribution in [1.29, 1.82) is 0 Å². The minimum Gasteiger partial charge on any atom is -0.491 e. The van der Waals surface area contributed by atoms with Crippen molar-refractivity contribution >= 4 is 11.8 Å². The first-order valence-electron chi connectivity index (χ1n) is 12.0. The standard InChI is InChI=1S/C28H33NO5/c1-28(2,3)34-27(30)29-17-16-24-22(7-6-8-25(24)29)13-10-21-11-14-23(15-12-21)31-19-20-33-26-9-4-5-18-32-26/h6-8,11-12,14-15,26H,4-5,9,16-20H2,1-3H3. The Kier molecular flexibility index (Phi) is 7.77. The first kappa shape index (κ1) is 24.1. The summed E-state index contributed by atoms with van der Waals surface area (Å²) < 4.78 is 22.6. The number of hydrogen-bond donors (Lipinski definition) is 0. The van der Waals surface area contributed by atoms with Gasteiger partial charge in [0.25, 0.3) is 0 Å². The van der Waals surface area contributed by atoms with E-state index in [2.05, 4.69) is 11.8 Å². The van der Waals surface area contributed by atoms with E-state index >= 15 is 0 Å². The molecule has 0 N–H and O–H groups in total. The predicted octanol–water partition coefficient (Wildman–Crippen LogP) is 5.31. The predicted molar refractivity (Wildman–Crippen MR) is 131 cm³/mol. The second-order valence-corrected chi connectivity index (χ2v) is 9.47. The summed E-state index contributed by atoms with van der Waals surface area (Å²) in [5.74, 6) is 7.29. The van der Waals surface area contributed by atoms with Gasteiger partial charge in [-0.25, -0.2) is 4.79 Å². The van der Waals surface area contributed by atoms with Gasteiger partial charge < -0.3 is 18.9 Å². The number of carbonyl (C=O) groups is 1. The zero-order valence-electron chi connectivity index (χ0n) is 20.3. The molecule has 0 spiro atoms. The summed E-state index contributed by atoms with van der Waals surface area (Å²) in [5, 5.41) is 0. The van der Waals surface area contributed by atoms with E-state index < -0.39 is 5.60 Å². The zero-order chi connectivity index (χ0) is 24.0. The molecular formula is C28H33NO5. The number of amides is 1. The van der Waals surface area contributed by atoms with E-state index in [9.17, 15) is 4.79 Å². The van der Waals surface area contributed by atoms with Crippen LogP contribution < -0.4 is 9.64 Å². The molecule has 0 radical (unpaired) electrons. The first-order chi connectivity index (χ1) is 16.4. The Labute approximate surface area is 202 Å². The number of anilines is 1.